The monoisotopic (exact) mass is 246 g/mol. The maximum Gasteiger partial charge on any atom is 0.340 e. The van der Waals surface area contributed by atoms with E-state index in [0.29, 0.717) is 23.0 Å². The number of fused-ring (bicyclic) bond motifs is 1. The smallest absolute Gasteiger partial charge is 0.340 e. The average molecular weight is 246 g/mol. The van der Waals surface area contributed by atoms with E-state index in [4.69, 9.17) is 4.74 Å². The van der Waals surface area contributed by atoms with Crippen molar-refractivity contribution in [1.82, 2.24) is 9.55 Å². The molecular formula is C13H14N2O3. The highest BCUT2D eigenvalue weighted by molar-refractivity contribution is 6.03. The molecule has 0 unspecified atom stereocenters. The number of hydrogen-bond acceptors (Lipinski definition) is 3. The lowest BCUT2D eigenvalue weighted by molar-refractivity contribution is 0.0602. The number of aryl methyl sites for hydroxylation is 1. The summed E-state index contributed by atoms with van der Waals surface area (Å²) in [5, 5.41) is 0.588. The molecule has 0 atom stereocenters. The molecule has 2 rings (SSSR count). The third-order valence-electron chi connectivity index (χ3n) is 2.73. The van der Waals surface area contributed by atoms with Crippen LogP contribution in [-0.4, -0.2) is 22.6 Å². The number of hydrogen-bond donors (Lipinski definition) is 1. The van der Waals surface area contributed by atoms with E-state index in [-0.39, 0.29) is 5.56 Å². The highest BCUT2D eigenvalue weighted by Gasteiger charge is 2.16. The molecule has 0 aliphatic heterocycles. The third kappa shape index (κ3) is 1.84. The molecule has 0 fully saturated rings. The number of H-pyrrole nitrogens is 1. The Hall–Kier alpha value is -2.30. The van der Waals surface area contributed by atoms with Gasteiger partial charge in [0, 0.05) is 23.8 Å². The van der Waals surface area contributed by atoms with E-state index < -0.39 is 5.97 Å². The number of esters is 1. The van der Waals surface area contributed by atoms with Gasteiger partial charge in [-0.1, -0.05) is 6.08 Å². The zero-order valence-electron chi connectivity index (χ0n) is 10.3. The average Bonchev–Trinajstić information content (AvgIpc) is 2.74. The number of methoxy groups -OCH3 is 1. The normalized spacial score (nSPS) is 10.6. The zero-order chi connectivity index (χ0) is 13.3. The largest absolute Gasteiger partial charge is 0.465 e. The van der Waals surface area contributed by atoms with Crippen LogP contribution in [0.15, 0.2) is 29.7 Å². The van der Waals surface area contributed by atoms with Gasteiger partial charge in [0.2, 0.25) is 0 Å². The van der Waals surface area contributed by atoms with Gasteiger partial charge in [-0.05, 0) is 13.0 Å². The van der Waals surface area contributed by atoms with Crippen LogP contribution in [0.2, 0.25) is 0 Å². The van der Waals surface area contributed by atoms with Crippen LogP contribution in [0.1, 0.15) is 16.1 Å². The molecule has 0 radical (unpaired) electrons. The molecule has 0 aromatic carbocycles. The molecule has 1 N–H and O–H groups in total. The number of nitrogens with one attached hydrogen (secondary N) is 1. The second-order valence-electron chi connectivity index (χ2n) is 4.02. The fraction of sp³-hybridized carbons (Fsp3) is 0.231. The quantitative estimate of drug-likeness (QED) is 0.661. The molecule has 0 spiro atoms. The summed E-state index contributed by atoms with van der Waals surface area (Å²) in [5.74, 6) is -0.461. The molecule has 0 aliphatic rings. The molecule has 5 heteroatoms. The molecule has 0 amide bonds. The summed E-state index contributed by atoms with van der Waals surface area (Å²) in [6, 6.07) is 1.77. The Morgan fingerprint density at radius 2 is 2.33 bits per heavy atom. The number of carbonyl (C=O) groups is 1. The van der Waals surface area contributed by atoms with E-state index in [1.807, 2.05) is 6.92 Å². The predicted molar refractivity (Wildman–Crippen MR) is 68.8 cm³/mol. The van der Waals surface area contributed by atoms with Crippen molar-refractivity contribution in [3.63, 3.8) is 0 Å². The highest BCUT2D eigenvalue weighted by atomic mass is 16.5. The van der Waals surface area contributed by atoms with Crippen molar-refractivity contribution < 1.29 is 9.53 Å². The first-order valence-electron chi connectivity index (χ1n) is 5.50. The van der Waals surface area contributed by atoms with E-state index in [9.17, 15) is 9.59 Å². The molecule has 0 aliphatic carbocycles. The lowest BCUT2D eigenvalue weighted by atomic mass is 10.2. The first-order chi connectivity index (χ1) is 8.58. The third-order valence-corrected chi connectivity index (χ3v) is 2.73. The van der Waals surface area contributed by atoms with Crippen LogP contribution >= 0.6 is 0 Å². The predicted octanol–water partition coefficient (Wildman–Crippen LogP) is 1.61. The minimum absolute atomic E-state index is 0.175. The first-order valence-corrected chi connectivity index (χ1v) is 5.50. The maximum absolute atomic E-state index is 12.1. The van der Waals surface area contributed by atoms with Gasteiger partial charge in [0.15, 0.2) is 0 Å². The Balaban J connectivity index is 2.83. The number of rotatable bonds is 3. The maximum atomic E-state index is 12.1. The van der Waals surface area contributed by atoms with Crippen LogP contribution in [-0.2, 0) is 11.3 Å². The fourth-order valence-electron chi connectivity index (χ4n) is 1.95. The summed E-state index contributed by atoms with van der Waals surface area (Å²) in [4.78, 5) is 26.8. The number of pyridine rings is 1. The topological polar surface area (TPSA) is 64.1 Å². The van der Waals surface area contributed by atoms with Gasteiger partial charge in [0.1, 0.15) is 5.52 Å². The summed E-state index contributed by atoms with van der Waals surface area (Å²) in [6.45, 7) is 5.77. The van der Waals surface area contributed by atoms with Crippen molar-refractivity contribution in [2.75, 3.05) is 7.11 Å². The van der Waals surface area contributed by atoms with Crippen molar-refractivity contribution in [2.24, 2.45) is 0 Å². The standard InChI is InChI=1S/C13H14N2O3/c1-4-5-15-7-10(13(17)18-3)9-6-8(2)14-11(9)12(15)16/h4,6-7,14H,1,5H2,2-3H3. The van der Waals surface area contributed by atoms with Crippen LogP contribution in [0.25, 0.3) is 10.9 Å². The second-order valence-corrected chi connectivity index (χ2v) is 4.02. The van der Waals surface area contributed by atoms with Crippen LogP contribution < -0.4 is 5.56 Å². The van der Waals surface area contributed by atoms with Crippen molar-refractivity contribution in [3.05, 3.63) is 46.5 Å². The Morgan fingerprint density at radius 3 is 2.94 bits per heavy atom. The molecule has 2 heterocycles. The Morgan fingerprint density at radius 1 is 1.61 bits per heavy atom. The minimum Gasteiger partial charge on any atom is -0.465 e. The van der Waals surface area contributed by atoms with Gasteiger partial charge >= 0.3 is 5.97 Å². The second kappa shape index (κ2) is 4.52. The van der Waals surface area contributed by atoms with Gasteiger partial charge in [-0.25, -0.2) is 4.79 Å². The molecule has 2 aromatic rings. The van der Waals surface area contributed by atoms with E-state index in [0.717, 1.165) is 5.69 Å². The lowest BCUT2D eigenvalue weighted by Gasteiger charge is -2.06. The molecule has 0 bridgehead atoms. The number of carbonyl (C=O) groups excluding carboxylic acids is 1. The number of aromatic amines is 1. The molecule has 94 valence electrons. The van der Waals surface area contributed by atoms with Crippen LogP contribution in [0, 0.1) is 6.92 Å². The lowest BCUT2D eigenvalue weighted by Crippen LogP contribution is -2.21. The van der Waals surface area contributed by atoms with Crippen molar-refractivity contribution in [3.8, 4) is 0 Å². The van der Waals surface area contributed by atoms with Gasteiger partial charge in [-0.3, -0.25) is 4.79 Å². The van der Waals surface area contributed by atoms with Crippen molar-refractivity contribution in [1.29, 1.82) is 0 Å². The number of nitrogens with zero attached hydrogens (tertiary/aromatic N) is 1. The number of allylic oxidation sites excluding steroid dienone is 1. The van der Waals surface area contributed by atoms with Gasteiger partial charge in [-0.15, -0.1) is 6.58 Å². The Kier molecular flexibility index (Phi) is 3.06. The van der Waals surface area contributed by atoms with Gasteiger partial charge in [0.05, 0.1) is 12.7 Å². The van der Waals surface area contributed by atoms with Crippen LogP contribution in [0.5, 0.6) is 0 Å². The molecule has 0 saturated carbocycles. The summed E-state index contributed by atoms with van der Waals surface area (Å²) >= 11 is 0. The number of ether oxygens (including phenoxy) is 1. The zero-order valence-corrected chi connectivity index (χ0v) is 10.3. The fourth-order valence-corrected chi connectivity index (χ4v) is 1.95. The van der Waals surface area contributed by atoms with E-state index in [1.54, 1.807) is 12.1 Å². The summed E-state index contributed by atoms with van der Waals surface area (Å²) in [7, 11) is 1.32. The number of aromatic nitrogens is 2. The van der Waals surface area contributed by atoms with Crippen LogP contribution in [0.4, 0.5) is 0 Å². The Labute approximate surface area is 104 Å². The molecular weight excluding hydrogens is 232 g/mol. The van der Waals surface area contributed by atoms with Crippen LogP contribution in [0.3, 0.4) is 0 Å². The van der Waals surface area contributed by atoms with E-state index in [2.05, 4.69) is 11.6 Å². The minimum atomic E-state index is -0.461. The molecule has 0 saturated heterocycles. The highest BCUT2D eigenvalue weighted by Crippen LogP contribution is 2.17. The van der Waals surface area contributed by atoms with Gasteiger partial charge < -0.3 is 14.3 Å². The van der Waals surface area contributed by atoms with Gasteiger partial charge in [-0.2, -0.15) is 0 Å². The molecule has 5 nitrogen and oxygen atoms in total. The molecule has 2 aromatic heterocycles. The Bertz CT molecular complexity index is 679. The summed E-state index contributed by atoms with van der Waals surface area (Å²) in [6.07, 6.45) is 3.11. The SMILES string of the molecule is C=CCn1cc(C(=O)OC)c2cc(C)[nH]c2c1=O. The van der Waals surface area contributed by atoms with Crippen molar-refractivity contribution >= 4 is 16.9 Å². The van der Waals surface area contributed by atoms with E-state index >= 15 is 0 Å². The summed E-state index contributed by atoms with van der Waals surface area (Å²) in [5.41, 5.74) is 1.44. The first kappa shape index (κ1) is 12.2. The van der Waals surface area contributed by atoms with Crippen molar-refractivity contribution in [2.45, 2.75) is 13.5 Å². The summed E-state index contributed by atoms with van der Waals surface area (Å²) < 4.78 is 6.16. The molecule has 18 heavy (non-hydrogen) atoms. The van der Waals surface area contributed by atoms with Gasteiger partial charge in [0.25, 0.3) is 5.56 Å². The van der Waals surface area contributed by atoms with E-state index in [1.165, 1.54) is 17.9 Å².